The fraction of sp³-hybridized carbons (Fsp3) is 0.525. The Bertz CT molecular complexity index is 2060. The molecule has 7 heterocycles. The van der Waals surface area contributed by atoms with E-state index in [1.165, 1.54) is 12.6 Å². The van der Waals surface area contributed by atoms with Crippen molar-refractivity contribution in [1.29, 1.82) is 0 Å². The van der Waals surface area contributed by atoms with Gasteiger partial charge in [0.15, 0.2) is 11.6 Å². The maximum atomic E-state index is 14.9. The van der Waals surface area contributed by atoms with Crippen LogP contribution < -0.4 is 10.2 Å². The predicted molar refractivity (Wildman–Crippen MR) is 197 cm³/mol. The van der Waals surface area contributed by atoms with Crippen molar-refractivity contribution in [2.75, 3.05) is 43.0 Å². The van der Waals surface area contributed by atoms with Crippen molar-refractivity contribution in [1.82, 2.24) is 29.3 Å². The van der Waals surface area contributed by atoms with Crippen LogP contribution in [-0.2, 0) is 19.7 Å². The molecule has 5 aliphatic rings. The summed E-state index contributed by atoms with van der Waals surface area (Å²) in [6.07, 6.45) is 9.23. The summed E-state index contributed by atoms with van der Waals surface area (Å²) in [6, 6.07) is 10.6. The number of carbonyl (C=O) groups is 2. The Kier molecular flexibility index (Phi) is 7.93. The molecule has 2 amide bonds. The van der Waals surface area contributed by atoms with Crippen LogP contribution in [0.2, 0.25) is 0 Å². The van der Waals surface area contributed by atoms with Gasteiger partial charge in [-0.25, -0.2) is 14.4 Å². The molecule has 1 spiro atoms. The summed E-state index contributed by atoms with van der Waals surface area (Å²) in [5, 5.41) is 3.23. The first-order chi connectivity index (χ1) is 25.0. The smallest absolute Gasteiger partial charge is 0.251 e. The molecule has 4 fully saturated rings. The first-order valence-electron chi connectivity index (χ1n) is 18.9. The highest BCUT2D eigenvalue weighted by molar-refractivity contribution is 6.09. The van der Waals surface area contributed by atoms with Crippen LogP contribution in [0.1, 0.15) is 77.8 Å². The molecule has 1 aliphatic carbocycles. The molecule has 1 saturated carbocycles. The number of piperidine rings is 1. The molecule has 1 aromatic carbocycles. The summed E-state index contributed by atoms with van der Waals surface area (Å²) in [5.41, 5.74) is 4.98. The fourth-order valence-electron chi connectivity index (χ4n) is 9.16. The fourth-order valence-corrected chi connectivity index (χ4v) is 9.16. The van der Waals surface area contributed by atoms with Gasteiger partial charge in [-0.2, -0.15) is 0 Å². The van der Waals surface area contributed by atoms with E-state index in [-0.39, 0.29) is 35.7 Å². The first kappa shape index (κ1) is 33.4. The van der Waals surface area contributed by atoms with Gasteiger partial charge >= 0.3 is 0 Å². The monoisotopic (exact) mass is 706 g/mol. The van der Waals surface area contributed by atoms with E-state index < -0.39 is 11.2 Å². The summed E-state index contributed by atoms with van der Waals surface area (Å²) < 4.78 is 22.4. The van der Waals surface area contributed by atoms with Gasteiger partial charge in [0, 0.05) is 61.6 Å². The number of imidazole rings is 1. The number of nitrogens with one attached hydrogen (secondary N) is 1. The van der Waals surface area contributed by atoms with Crippen LogP contribution in [0.3, 0.4) is 0 Å². The molecule has 11 nitrogen and oxygen atoms in total. The second-order valence-corrected chi connectivity index (χ2v) is 16.6. The molecule has 0 radical (unpaired) electrons. The van der Waals surface area contributed by atoms with Gasteiger partial charge in [-0.3, -0.25) is 19.5 Å². The van der Waals surface area contributed by atoms with Gasteiger partial charge in [0.1, 0.15) is 11.6 Å². The Morgan fingerprint density at radius 2 is 1.85 bits per heavy atom. The van der Waals surface area contributed by atoms with Crippen molar-refractivity contribution in [3.63, 3.8) is 0 Å². The number of nitrogens with zero attached hydrogens (tertiary/aromatic N) is 7. The van der Waals surface area contributed by atoms with Gasteiger partial charge < -0.3 is 24.4 Å². The van der Waals surface area contributed by atoms with E-state index in [1.807, 2.05) is 15.5 Å². The van der Waals surface area contributed by atoms with Gasteiger partial charge in [0.2, 0.25) is 5.91 Å². The van der Waals surface area contributed by atoms with Crippen LogP contribution in [0.25, 0.3) is 22.3 Å². The Morgan fingerprint density at radius 1 is 1.06 bits per heavy atom. The van der Waals surface area contributed by atoms with E-state index in [0.29, 0.717) is 55.5 Å². The second-order valence-electron chi connectivity index (χ2n) is 16.6. The van der Waals surface area contributed by atoms with E-state index in [4.69, 9.17) is 14.7 Å². The number of hydrogen-bond donors (Lipinski definition) is 1. The number of ether oxygens (including phenoxy) is 1. The average Bonchev–Trinajstić information content (AvgIpc) is 3.74. The molecule has 4 aliphatic heterocycles. The number of pyridine rings is 2. The third-order valence-corrected chi connectivity index (χ3v) is 12.4. The van der Waals surface area contributed by atoms with E-state index in [9.17, 15) is 14.0 Å². The minimum atomic E-state index is -0.676. The van der Waals surface area contributed by atoms with Crippen LogP contribution in [-0.4, -0.2) is 92.1 Å². The van der Waals surface area contributed by atoms with Crippen LogP contribution in [0.4, 0.5) is 21.6 Å². The molecular weight excluding hydrogens is 659 g/mol. The number of fused-ring (bicyclic) bond motifs is 3. The Morgan fingerprint density at radius 3 is 2.52 bits per heavy atom. The molecule has 12 heteroatoms. The lowest BCUT2D eigenvalue weighted by Gasteiger charge is -2.47. The van der Waals surface area contributed by atoms with Gasteiger partial charge in [-0.05, 0) is 81.7 Å². The lowest BCUT2D eigenvalue weighted by atomic mass is 9.73. The predicted octanol–water partition coefficient (Wildman–Crippen LogP) is 6.22. The molecule has 272 valence electrons. The third-order valence-electron chi connectivity index (χ3n) is 12.4. The zero-order valence-corrected chi connectivity index (χ0v) is 30.4. The van der Waals surface area contributed by atoms with Crippen molar-refractivity contribution in [2.24, 2.45) is 5.41 Å². The zero-order valence-electron chi connectivity index (χ0n) is 30.4. The minimum absolute atomic E-state index is 0.0479. The van der Waals surface area contributed by atoms with E-state index in [2.05, 4.69) is 66.0 Å². The number of amides is 2. The number of anilines is 3. The molecule has 3 aromatic heterocycles. The lowest BCUT2D eigenvalue weighted by molar-refractivity contribution is -0.158. The Labute approximate surface area is 303 Å². The van der Waals surface area contributed by atoms with Crippen LogP contribution in [0.15, 0.2) is 49.1 Å². The quantitative estimate of drug-likeness (QED) is 0.242. The molecule has 0 bridgehead atoms. The zero-order chi connectivity index (χ0) is 35.9. The molecule has 9 rings (SSSR count). The van der Waals surface area contributed by atoms with Crippen molar-refractivity contribution in [3.8, 4) is 11.3 Å². The van der Waals surface area contributed by atoms with Crippen molar-refractivity contribution < 1.29 is 18.7 Å². The standard InChI is InChI=1S/C40H47FN8O3/c1-24(2)48-23-43-32-20-31(45-36(35(32)48)44-30-7-12-42-21-29(30)41)25-5-6-28-33(17-25)49(27-18-26(19-27)47-13-9-39(3,4)22-47)38(51)40(28)10-14-46(15-11-40)37(50)34-8-16-52-34/h5-7,12,17,20-21,23-24,26-27,34H,8-11,13-16,18-19,22H2,1-4H3,(H,42,44,45)/t26-,27+,34-/m1/s1. The van der Waals surface area contributed by atoms with Gasteiger partial charge in [0.25, 0.3) is 5.91 Å². The van der Waals surface area contributed by atoms with E-state index >= 15 is 0 Å². The summed E-state index contributed by atoms with van der Waals surface area (Å²) >= 11 is 0. The molecule has 4 aromatic rings. The number of likely N-dealkylation sites (tertiary alicyclic amines) is 2. The highest BCUT2D eigenvalue weighted by Crippen LogP contribution is 2.52. The number of halogens is 1. The SMILES string of the molecule is CC(C)n1cnc2cc(-c3ccc4c(c3)N([C@H]3C[C@@H](N5CCC(C)(C)C5)C3)C(=O)C43CCN(C(=O)[C@H]4CCO4)CC3)nc(Nc3ccncc3F)c21. The third kappa shape index (κ3) is 5.39. The number of carbonyl (C=O) groups excluding carboxylic acids is 2. The lowest BCUT2D eigenvalue weighted by Crippen LogP contribution is -2.58. The Balaban J connectivity index is 1.08. The van der Waals surface area contributed by atoms with Gasteiger partial charge in [0.05, 0.1) is 41.4 Å². The molecule has 52 heavy (non-hydrogen) atoms. The summed E-state index contributed by atoms with van der Waals surface area (Å²) in [5.74, 6) is 0.231. The number of hydrogen-bond acceptors (Lipinski definition) is 8. The summed E-state index contributed by atoms with van der Waals surface area (Å²) in [6.45, 7) is 12.7. The first-order valence-corrected chi connectivity index (χ1v) is 18.9. The van der Waals surface area contributed by atoms with Crippen molar-refractivity contribution in [3.05, 3.63) is 60.4 Å². The van der Waals surface area contributed by atoms with Crippen LogP contribution in [0, 0.1) is 11.2 Å². The number of benzene rings is 1. The normalized spacial score (nSPS) is 25.1. The second kappa shape index (κ2) is 12.3. The average molecular weight is 707 g/mol. The number of rotatable bonds is 7. The maximum absolute atomic E-state index is 14.9. The molecular formula is C40H47FN8O3. The van der Waals surface area contributed by atoms with Gasteiger partial charge in [-0.15, -0.1) is 0 Å². The minimum Gasteiger partial charge on any atom is -0.368 e. The Hall–Kier alpha value is -4.42. The van der Waals surface area contributed by atoms with Crippen molar-refractivity contribution in [2.45, 2.75) is 95.9 Å². The maximum Gasteiger partial charge on any atom is 0.251 e. The highest BCUT2D eigenvalue weighted by atomic mass is 19.1. The molecule has 3 saturated heterocycles. The summed E-state index contributed by atoms with van der Waals surface area (Å²) in [4.78, 5) is 48.3. The van der Waals surface area contributed by atoms with E-state index in [0.717, 1.165) is 60.2 Å². The molecule has 1 N–H and O–H groups in total. The topological polar surface area (TPSA) is 109 Å². The largest absolute Gasteiger partial charge is 0.368 e. The van der Waals surface area contributed by atoms with Crippen molar-refractivity contribution >= 4 is 40.0 Å². The van der Waals surface area contributed by atoms with Crippen LogP contribution >= 0.6 is 0 Å². The highest BCUT2D eigenvalue weighted by Gasteiger charge is 2.56. The number of aromatic nitrogens is 4. The molecule has 0 unspecified atom stereocenters. The van der Waals surface area contributed by atoms with Crippen LogP contribution in [0.5, 0.6) is 0 Å². The van der Waals surface area contributed by atoms with E-state index in [1.54, 1.807) is 18.6 Å². The van der Waals surface area contributed by atoms with Gasteiger partial charge in [-0.1, -0.05) is 26.0 Å². The molecule has 1 atom stereocenters. The summed E-state index contributed by atoms with van der Waals surface area (Å²) in [7, 11) is 0.